The molecule has 0 unspecified atom stereocenters. The highest BCUT2D eigenvalue weighted by atomic mass is 19.1. The molecule has 0 aliphatic carbocycles. The van der Waals surface area contributed by atoms with Crippen LogP contribution >= 0.6 is 0 Å². The molecule has 72 valence electrons. The molecule has 0 N–H and O–H groups in total. The lowest BCUT2D eigenvalue weighted by Crippen LogP contribution is -2.32. The highest BCUT2D eigenvalue weighted by Gasteiger charge is 2.08. The zero-order valence-corrected chi connectivity index (χ0v) is 7.68. The summed E-state index contributed by atoms with van der Waals surface area (Å²) in [7, 11) is 0. The molecular weight excluding hydrogens is 161 g/mol. The minimum absolute atomic E-state index is 0.189. The SMILES string of the molecule is CCOC(=O)CN(CC)CCF. The maximum Gasteiger partial charge on any atom is 0.320 e. The van der Waals surface area contributed by atoms with E-state index in [0.717, 1.165) is 0 Å². The second kappa shape index (κ2) is 7.03. The lowest BCUT2D eigenvalue weighted by molar-refractivity contribution is -0.144. The molecule has 12 heavy (non-hydrogen) atoms. The number of ether oxygens (including phenoxy) is 1. The molecule has 0 aliphatic heterocycles. The lowest BCUT2D eigenvalue weighted by atomic mass is 10.5. The van der Waals surface area contributed by atoms with Crippen molar-refractivity contribution in [2.75, 3.05) is 32.9 Å². The van der Waals surface area contributed by atoms with E-state index in [2.05, 4.69) is 0 Å². The molecule has 0 heterocycles. The Labute approximate surface area is 72.5 Å². The molecule has 0 bridgehead atoms. The van der Waals surface area contributed by atoms with Crippen LogP contribution in [-0.4, -0.2) is 43.8 Å². The highest BCUT2D eigenvalue weighted by Crippen LogP contribution is 1.89. The van der Waals surface area contributed by atoms with E-state index in [9.17, 15) is 9.18 Å². The van der Waals surface area contributed by atoms with Crippen molar-refractivity contribution < 1.29 is 13.9 Å². The Kier molecular flexibility index (Phi) is 6.66. The topological polar surface area (TPSA) is 29.5 Å². The predicted octanol–water partition coefficient (Wildman–Crippen LogP) is 0.841. The fraction of sp³-hybridized carbons (Fsp3) is 0.875. The van der Waals surface area contributed by atoms with Crippen molar-refractivity contribution in [3.8, 4) is 0 Å². The molecule has 0 fully saturated rings. The van der Waals surface area contributed by atoms with Gasteiger partial charge in [-0.25, -0.2) is 4.39 Å². The normalized spacial score (nSPS) is 10.3. The molecule has 0 aliphatic rings. The third-order valence-electron chi connectivity index (χ3n) is 1.51. The summed E-state index contributed by atoms with van der Waals surface area (Å²) in [6.45, 7) is 4.75. The number of likely N-dealkylation sites (N-methyl/N-ethyl adjacent to an activating group) is 1. The maximum absolute atomic E-state index is 11.9. The summed E-state index contributed by atoms with van der Waals surface area (Å²) in [5, 5.41) is 0. The average molecular weight is 177 g/mol. The van der Waals surface area contributed by atoms with Gasteiger partial charge in [-0.1, -0.05) is 6.92 Å². The number of hydrogen-bond acceptors (Lipinski definition) is 3. The van der Waals surface area contributed by atoms with Gasteiger partial charge in [0.05, 0.1) is 13.2 Å². The summed E-state index contributed by atoms with van der Waals surface area (Å²) < 4.78 is 16.6. The number of esters is 1. The lowest BCUT2D eigenvalue weighted by Gasteiger charge is -2.16. The summed E-state index contributed by atoms with van der Waals surface area (Å²) in [4.78, 5) is 12.6. The van der Waals surface area contributed by atoms with Crippen molar-refractivity contribution in [2.45, 2.75) is 13.8 Å². The van der Waals surface area contributed by atoms with Crippen molar-refractivity contribution in [3.05, 3.63) is 0 Å². The van der Waals surface area contributed by atoms with Crippen LogP contribution in [0.2, 0.25) is 0 Å². The maximum atomic E-state index is 11.9. The van der Waals surface area contributed by atoms with E-state index < -0.39 is 6.67 Å². The average Bonchev–Trinajstić information content (AvgIpc) is 2.04. The van der Waals surface area contributed by atoms with Crippen LogP contribution in [0.25, 0.3) is 0 Å². The van der Waals surface area contributed by atoms with Gasteiger partial charge in [0.2, 0.25) is 0 Å². The molecule has 0 atom stereocenters. The molecule has 0 saturated carbocycles. The van der Waals surface area contributed by atoms with Crippen molar-refractivity contribution in [2.24, 2.45) is 0 Å². The Balaban J connectivity index is 3.61. The van der Waals surface area contributed by atoms with Gasteiger partial charge in [-0.3, -0.25) is 9.69 Å². The van der Waals surface area contributed by atoms with Gasteiger partial charge in [-0.15, -0.1) is 0 Å². The number of nitrogens with zero attached hydrogens (tertiary/aromatic N) is 1. The van der Waals surface area contributed by atoms with E-state index in [4.69, 9.17) is 4.74 Å². The standard InChI is InChI=1S/C8H16FNO2/c1-3-10(6-5-9)7-8(11)12-4-2/h3-7H2,1-2H3. The fourth-order valence-electron chi connectivity index (χ4n) is 0.858. The summed E-state index contributed by atoms with van der Waals surface area (Å²) in [5.41, 5.74) is 0. The first-order chi connectivity index (χ1) is 5.74. The molecule has 4 heteroatoms. The Morgan fingerprint density at radius 1 is 1.50 bits per heavy atom. The first kappa shape index (κ1) is 11.4. The highest BCUT2D eigenvalue weighted by molar-refractivity contribution is 5.71. The molecule has 0 radical (unpaired) electrons. The van der Waals surface area contributed by atoms with E-state index >= 15 is 0 Å². The van der Waals surface area contributed by atoms with Gasteiger partial charge in [0.1, 0.15) is 6.67 Å². The summed E-state index contributed by atoms with van der Waals surface area (Å²) in [6.07, 6.45) is 0. The Morgan fingerprint density at radius 2 is 2.17 bits per heavy atom. The van der Waals surface area contributed by atoms with Crippen LogP contribution in [0.5, 0.6) is 0 Å². The van der Waals surface area contributed by atoms with Gasteiger partial charge in [0, 0.05) is 6.54 Å². The Bertz CT molecular complexity index is 130. The first-order valence-electron chi connectivity index (χ1n) is 4.18. The van der Waals surface area contributed by atoms with E-state index in [1.807, 2.05) is 6.92 Å². The number of carbonyl (C=O) groups excluding carboxylic acids is 1. The van der Waals surface area contributed by atoms with Crippen LogP contribution in [-0.2, 0) is 9.53 Å². The molecular formula is C8H16FNO2. The van der Waals surface area contributed by atoms with E-state index in [1.165, 1.54) is 0 Å². The second-order valence-electron chi connectivity index (χ2n) is 2.36. The smallest absolute Gasteiger partial charge is 0.320 e. The zero-order valence-electron chi connectivity index (χ0n) is 7.68. The van der Waals surface area contributed by atoms with Gasteiger partial charge in [-0.2, -0.15) is 0 Å². The molecule has 0 saturated heterocycles. The third kappa shape index (κ3) is 5.07. The van der Waals surface area contributed by atoms with Crippen LogP contribution in [0.1, 0.15) is 13.8 Å². The molecule has 0 spiro atoms. The van der Waals surface area contributed by atoms with Crippen molar-refractivity contribution in [3.63, 3.8) is 0 Å². The van der Waals surface area contributed by atoms with Gasteiger partial charge in [0.15, 0.2) is 0 Å². The number of carbonyl (C=O) groups is 1. The monoisotopic (exact) mass is 177 g/mol. The van der Waals surface area contributed by atoms with Gasteiger partial charge in [-0.05, 0) is 13.5 Å². The van der Waals surface area contributed by atoms with Crippen molar-refractivity contribution >= 4 is 5.97 Å². The van der Waals surface area contributed by atoms with E-state index in [1.54, 1.807) is 11.8 Å². The van der Waals surface area contributed by atoms with Crippen molar-refractivity contribution in [1.29, 1.82) is 0 Å². The van der Waals surface area contributed by atoms with Crippen LogP contribution in [0.3, 0.4) is 0 Å². The van der Waals surface area contributed by atoms with Crippen molar-refractivity contribution in [1.82, 2.24) is 4.90 Å². The Hall–Kier alpha value is -0.640. The first-order valence-corrected chi connectivity index (χ1v) is 4.18. The minimum atomic E-state index is -0.423. The molecule has 3 nitrogen and oxygen atoms in total. The van der Waals surface area contributed by atoms with Crippen LogP contribution in [0.15, 0.2) is 0 Å². The second-order valence-corrected chi connectivity index (χ2v) is 2.36. The predicted molar refractivity (Wildman–Crippen MR) is 44.7 cm³/mol. The minimum Gasteiger partial charge on any atom is -0.465 e. The fourth-order valence-corrected chi connectivity index (χ4v) is 0.858. The molecule has 0 rings (SSSR count). The third-order valence-corrected chi connectivity index (χ3v) is 1.51. The van der Waals surface area contributed by atoms with E-state index in [0.29, 0.717) is 19.7 Å². The van der Waals surface area contributed by atoms with E-state index in [-0.39, 0.29) is 12.5 Å². The van der Waals surface area contributed by atoms with Gasteiger partial charge < -0.3 is 4.74 Å². The summed E-state index contributed by atoms with van der Waals surface area (Å²) in [5.74, 6) is -0.284. The molecule has 0 amide bonds. The van der Waals surface area contributed by atoms with Gasteiger partial charge >= 0.3 is 5.97 Å². The van der Waals surface area contributed by atoms with Crippen LogP contribution in [0, 0.1) is 0 Å². The quantitative estimate of drug-likeness (QED) is 0.563. The molecule has 0 aromatic carbocycles. The summed E-state index contributed by atoms with van der Waals surface area (Å²) in [6, 6.07) is 0. The number of hydrogen-bond donors (Lipinski definition) is 0. The molecule has 0 aromatic rings. The number of alkyl halides is 1. The van der Waals surface area contributed by atoms with Gasteiger partial charge in [0.25, 0.3) is 0 Å². The Morgan fingerprint density at radius 3 is 2.58 bits per heavy atom. The van der Waals surface area contributed by atoms with Crippen LogP contribution < -0.4 is 0 Å². The number of halogens is 1. The molecule has 0 aromatic heterocycles. The summed E-state index contributed by atoms with van der Waals surface area (Å²) >= 11 is 0. The van der Waals surface area contributed by atoms with Crippen LogP contribution in [0.4, 0.5) is 4.39 Å². The zero-order chi connectivity index (χ0) is 9.40. The largest absolute Gasteiger partial charge is 0.465 e. The number of rotatable bonds is 6.